The Bertz CT molecular complexity index is 1750. The van der Waals surface area contributed by atoms with Crippen LogP contribution in [0.4, 0.5) is 21.5 Å². The van der Waals surface area contributed by atoms with Gasteiger partial charge in [0.25, 0.3) is 15.9 Å². The van der Waals surface area contributed by atoms with Crippen LogP contribution < -0.4 is 24.4 Å². The lowest BCUT2D eigenvalue weighted by Gasteiger charge is -2.24. The van der Waals surface area contributed by atoms with Crippen molar-refractivity contribution >= 4 is 38.9 Å². The van der Waals surface area contributed by atoms with Crippen molar-refractivity contribution in [3.05, 3.63) is 108 Å². The topological polar surface area (TPSA) is 114 Å². The summed E-state index contributed by atoms with van der Waals surface area (Å²) in [4.78, 5) is 25.9. The Morgan fingerprint density at radius 3 is 2.00 bits per heavy atom. The maximum Gasteiger partial charge on any atom is 0.264 e. The van der Waals surface area contributed by atoms with Gasteiger partial charge >= 0.3 is 0 Å². The van der Waals surface area contributed by atoms with Gasteiger partial charge in [-0.1, -0.05) is 39.0 Å². The van der Waals surface area contributed by atoms with E-state index < -0.39 is 28.3 Å². The Balaban J connectivity index is 1.54. The van der Waals surface area contributed by atoms with Crippen LogP contribution in [0.15, 0.2) is 95.9 Å². The molecular formula is C33H34FN3O6S. The number of ether oxygens (including phenoxy) is 2. The fourth-order valence-corrected chi connectivity index (χ4v) is 5.79. The number of nitrogens with one attached hydrogen (secondary N) is 2. The fourth-order valence-electron chi connectivity index (χ4n) is 4.36. The number of anilines is 3. The summed E-state index contributed by atoms with van der Waals surface area (Å²) in [5.74, 6) is -1.05. The summed E-state index contributed by atoms with van der Waals surface area (Å²) in [6, 6.07) is 22.6. The minimum atomic E-state index is -4.32. The number of halogens is 1. The number of carbonyl (C=O) groups is 2. The minimum absolute atomic E-state index is 0.0470. The molecule has 4 rings (SSSR count). The number of nitrogens with zero attached hydrogens (tertiary/aromatic N) is 1. The van der Waals surface area contributed by atoms with Crippen molar-refractivity contribution < 1.29 is 31.9 Å². The Hall–Kier alpha value is -4.90. The Morgan fingerprint density at radius 1 is 0.795 bits per heavy atom. The molecule has 0 atom stereocenters. The van der Waals surface area contributed by atoms with Crippen molar-refractivity contribution in [3.63, 3.8) is 0 Å². The summed E-state index contributed by atoms with van der Waals surface area (Å²) < 4.78 is 52.6. The third-order valence-corrected chi connectivity index (χ3v) is 8.53. The smallest absolute Gasteiger partial charge is 0.264 e. The van der Waals surface area contributed by atoms with Crippen LogP contribution >= 0.6 is 0 Å². The van der Waals surface area contributed by atoms with E-state index in [-0.39, 0.29) is 27.7 Å². The molecular weight excluding hydrogens is 585 g/mol. The van der Waals surface area contributed by atoms with E-state index in [4.69, 9.17) is 9.47 Å². The Morgan fingerprint density at radius 2 is 1.41 bits per heavy atom. The summed E-state index contributed by atoms with van der Waals surface area (Å²) in [6.45, 7) is 5.64. The van der Waals surface area contributed by atoms with Gasteiger partial charge in [0.15, 0.2) is 11.5 Å². The molecule has 4 aromatic rings. The van der Waals surface area contributed by atoms with Crippen LogP contribution in [-0.4, -0.2) is 41.0 Å². The summed E-state index contributed by atoms with van der Waals surface area (Å²) in [6.07, 6.45) is 0. The predicted molar refractivity (Wildman–Crippen MR) is 169 cm³/mol. The summed E-state index contributed by atoms with van der Waals surface area (Å²) >= 11 is 0. The van der Waals surface area contributed by atoms with Gasteiger partial charge in [0.2, 0.25) is 5.91 Å². The molecule has 0 spiro atoms. The first-order chi connectivity index (χ1) is 20.8. The third kappa shape index (κ3) is 7.54. The third-order valence-electron chi connectivity index (χ3n) is 6.76. The van der Waals surface area contributed by atoms with Crippen LogP contribution in [0.25, 0.3) is 0 Å². The van der Waals surface area contributed by atoms with Crippen LogP contribution in [-0.2, 0) is 20.2 Å². The van der Waals surface area contributed by atoms with Crippen LogP contribution in [0.1, 0.15) is 36.7 Å². The molecule has 0 unspecified atom stereocenters. The standard InChI is InChI=1S/C33H34FN3O6S/c1-33(2,3)23-11-9-22(10-12-23)32(39)36-26-8-6-7-25(19-26)35-31(38)21-37(27-15-13-24(34)14-16-27)44(40,41)28-17-18-29(42-4)30(20-28)43-5/h6-20H,21H2,1-5H3,(H,35,38)(H,36,39). The van der Waals surface area contributed by atoms with Gasteiger partial charge in [-0.3, -0.25) is 13.9 Å². The van der Waals surface area contributed by atoms with Crippen molar-refractivity contribution in [1.29, 1.82) is 0 Å². The van der Waals surface area contributed by atoms with E-state index in [1.165, 1.54) is 44.6 Å². The molecule has 0 heterocycles. The van der Waals surface area contributed by atoms with E-state index >= 15 is 0 Å². The predicted octanol–water partition coefficient (Wildman–Crippen LogP) is 6.23. The molecule has 44 heavy (non-hydrogen) atoms. The van der Waals surface area contributed by atoms with Gasteiger partial charge in [-0.25, -0.2) is 12.8 Å². The Kier molecular flexibility index (Phi) is 9.59. The first-order valence-electron chi connectivity index (χ1n) is 13.6. The number of hydrogen-bond donors (Lipinski definition) is 2. The number of carbonyl (C=O) groups excluding carboxylic acids is 2. The number of sulfonamides is 1. The molecule has 9 nitrogen and oxygen atoms in total. The van der Waals surface area contributed by atoms with E-state index in [0.29, 0.717) is 22.7 Å². The molecule has 2 N–H and O–H groups in total. The SMILES string of the molecule is COc1ccc(S(=O)(=O)N(CC(=O)Nc2cccc(NC(=O)c3ccc(C(C)(C)C)cc3)c2)c2ccc(F)cc2)cc1OC. The zero-order chi connectivity index (χ0) is 32.1. The first kappa shape index (κ1) is 32.0. The molecule has 4 aromatic carbocycles. The summed E-state index contributed by atoms with van der Waals surface area (Å²) in [7, 11) is -1.53. The minimum Gasteiger partial charge on any atom is -0.493 e. The maximum atomic E-state index is 13.8. The number of hydrogen-bond acceptors (Lipinski definition) is 6. The second-order valence-corrected chi connectivity index (χ2v) is 12.8. The molecule has 0 aromatic heterocycles. The summed E-state index contributed by atoms with van der Waals surface area (Å²) in [5.41, 5.74) is 2.37. The summed E-state index contributed by atoms with van der Waals surface area (Å²) in [5, 5.41) is 5.49. The molecule has 0 fully saturated rings. The lowest BCUT2D eigenvalue weighted by molar-refractivity contribution is -0.114. The van der Waals surface area contributed by atoms with Gasteiger partial charge in [0, 0.05) is 23.0 Å². The number of amides is 2. The molecule has 0 saturated heterocycles. The molecule has 230 valence electrons. The molecule has 0 aliphatic heterocycles. The molecule has 0 radical (unpaired) electrons. The van der Waals surface area contributed by atoms with Gasteiger partial charge in [-0.2, -0.15) is 0 Å². The second-order valence-electron chi connectivity index (χ2n) is 10.9. The van der Waals surface area contributed by atoms with Crippen LogP contribution in [0, 0.1) is 5.82 Å². The zero-order valence-corrected chi connectivity index (χ0v) is 25.9. The highest BCUT2D eigenvalue weighted by Crippen LogP contribution is 2.32. The average molecular weight is 620 g/mol. The molecule has 0 bridgehead atoms. The monoisotopic (exact) mass is 619 g/mol. The number of rotatable bonds is 10. The largest absolute Gasteiger partial charge is 0.493 e. The van der Waals surface area contributed by atoms with Crippen molar-refractivity contribution in [2.24, 2.45) is 0 Å². The Labute approximate surface area is 256 Å². The van der Waals surface area contributed by atoms with Crippen molar-refractivity contribution in [2.75, 3.05) is 35.7 Å². The van der Waals surface area contributed by atoms with Gasteiger partial charge in [0.05, 0.1) is 24.8 Å². The van der Waals surface area contributed by atoms with Gasteiger partial charge in [0.1, 0.15) is 12.4 Å². The van der Waals surface area contributed by atoms with Crippen molar-refractivity contribution in [1.82, 2.24) is 0 Å². The number of benzene rings is 4. The molecule has 0 saturated carbocycles. The van der Waals surface area contributed by atoms with Crippen LogP contribution in [0.5, 0.6) is 11.5 Å². The molecule has 11 heteroatoms. The van der Waals surface area contributed by atoms with Gasteiger partial charge < -0.3 is 20.1 Å². The van der Waals surface area contributed by atoms with Crippen molar-refractivity contribution in [3.8, 4) is 11.5 Å². The lowest BCUT2D eigenvalue weighted by atomic mass is 9.87. The van der Waals surface area contributed by atoms with Crippen LogP contribution in [0.3, 0.4) is 0 Å². The zero-order valence-electron chi connectivity index (χ0n) is 25.1. The maximum absolute atomic E-state index is 13.8. The molecule has 2 amide bonds. The normalized spacial score (nSPS) is 11.4. The van der Waals surface area contributed by atoms with E-state index in [1.807, 2.05) is 12.1 Å². The van der Waals surface area contributed by atoms with Crippen molar-refractivity contribution in [2.45, 2.75) is 31.1 Å². The van der Waals surface area contributed by atoms with Gasteiger partial charge in [-0.15, -0.1) is 0 Å². The highest BCUT2D eigenvalue weighted by Gasteiger charge is 2.28. The quantitative estimate of drug-likeness (QED) is 0.218. The average Bonchev–Trinajstić information content (AvgIpc) is 2.99. The molecule has 0 aliphatic carbocycles. The van der Waals surface area contributed by atoms with E-state index in [9.17, 15) is 22.4 Å². The van der Waals surface area contributed by atoms with Crippen LogP contribution in [0.2, 0.25) is 0 Å². The number of methoxy groups -OCH3 is 2. The van der Waals surface area contributed by atoms with E-state index in [0.717, 1.165) is 22.0 Å². The van der Waals surface area contributed by atoms with E-state index in [2.05, 4.69) is 31.4 Å². The van der Waals surface area contributed by atoms with E-state index in [1.54, 1.807) is 36.4 Å². The second kappa shape index (κ2) is 13.2. The fraction of sp³-hybridized carbons (Fsp3) is 0.212. The lowest BCUT2D eigenvalue weighted by Crippen LogP contribution is -2.38. The highest BCUT2D eigenvalue weighted by atomic mass is 32.2. The molecule has 0 aliphatic rings. The highest BCUT2D eigenvalue weighted by molar-refractivity contribution is 7.92. The van der Waals surface area contributed by atoms with Gasteiger partial charge in [-0.05, 0) is 77.7 Å². The first-order valence-corrected chi connectivity index (χ1v) is 15.1.